The van der Waals surface area contributed by atoms with Crippen molar-refractivity contribution in [3.05, 3.63) is 23.0 Å². The summed E-state index contributed by atoms with van der Waals surface area (Å²) in [4.78, 5) is 8.60. The lowest BCUT2D eigenvalue weighted by molar-refractivity contribution is -0.206. The SMILES string of the molecule is CON(C)C(O)c1cc(Cl)ncc1N. The molecule has 0 fully saturated rings. The Hall–Kier alpha value is -0.880. The van der Waals surface area contributed by atoms with Gasteiger partial charge in [0.2, 0.25) is 0 Å². The molecule has 1 atom stereocenters. The third-order valence-corrected chi connectivity index (χ3v) is 2.05. The largest absolute Gasteiger partial charge is 0.397 e. The van der Waals surface area contributed by atoms with E-state index in [0.29, 0.717) is 11.3 Å². The van der Waals surface area contributed by atoms with Crippen molar-refractivity contribution in [2.24, 2.45) is 0 Å². The highest BCUT2D eigenvalue weighted by Gasteiger charge is 2.16. The number of aliphatic hydroxyl groups excluding tert-OH is 1. The quantitative estimate of drug-likeness (QED) is 0.445. The molecule has 0 aliphatic carbocycles. The molecule has 1 unspecified atom stereocenters. The first-order valence-electron chi connectivity index (χ1n) is 3.92. The number of aromatic nitrogens is 1. The molecule has 14 heavy (non-hydrogen) atoms. The van der Waals surface area contributed by atoms with Gasteiger partial charge in [-0.15, -0.1) is 0 Å². The maximum atomic E-state index is 9.73. The van der Waals surface area contributed by atoms with Gasteiger partial charge in [-0.25, -0.2) is 4.98 Å². The van der Waals surface area contributed by atoms with Gasteiger partial charge in [-0.3, -0.25) is 4.84 Å². The Labute approximate surface area is 87.0 Å². The highest BCUT2D eigenvalue weighted by atomic mass is 35.5. The van der Waals surface area contributed by atoms with Crippen LogP contribution in [0.5, 0.6) is 0 Å². The third kappa shape index (κ3) is 2.33. The van der Waals surface area contributed by atoms with Gasteiger partial charge < -0.3 is 10.8 Å². The lowest BCUT2D eigenvalue weighted by Gasteiger charge is -2.21. The minimum atomic E-state index is -0.958. The molecule has 5 nitrogen and oxygen atoms in total. The summed E-state index contributed by atoms with van der Waals surface area (Å²) in [5.74, 6) is 0. The number of nitrogens with two attached hydrogens (primary N) is 1. The van der Waals surface area contributed by atoms with Gasteiger partial charge in [-0.2, -0.15) is 5.06 Å². The van der Waals surface area contributed by atoms with Gasteiger partial charge in [-0.1, -0.05) is 11.6 Å². The van der Waals surface area contributed by atoms with Crippen LogP contribution in [-0.4, -0.2) is 29.3 Å². The van der Waals surface area contributed by atoms with Crippen LogP contribution in [0, 0.1) is 0 Å². The molecule has 0 bridgehead atoms. The van der Waals surface area contributed by atoms with Gasteiger partial charge in [0, 0.05) is 12.6 Å². The number of hydroxylamine groups is 2. The number of halogens is 1. The molecule has 0 spiro atoms. The first-order valence-corrected chi connectivity index (χ1v) is 4.30. The smallest absolute Gasteiger partial charge is 0.157 e. The van der Waals surface area contributed by atoms with Crippen molar-refractivity contribution in [1.82, 2.24) is 10.0 Å². The summed E-state index contributed by atoms with van der Waals surface area (Å²) in [6, 6.07) is 1.50. The second-order valence-electron chi connectivity index (χ2n) is 2.74. The topological polar surface area (TPSA) is 71.6 Å². The standard InChI is InChI=1S/C8H12ClN3O2/c1-12(14-2)8(13)5-3-7(9)11-4-6(5)10/h3-4,8,13H,10H2,1-2H3. The second-order valence-corrected chi connectivity index (χ2v) is 3.13. The molecule has 1 heterocycles. The Kier molecular flexibility index (Phi) is 3.65. The molecule has 0 aromatic carbocycles. The average molecular weight is 218 g/mol. The minimum absolute atomic E-state index is 0.276. The Morgan fingerprint density at radius 2 is 2.36 bits per heavy atom. The van der Waals surface area contributed by atoms with Gasteiger partial charge in [0.15, 0.2) is 6.23 Å². The zero-order chi connectivity index (χ0) is 10.7. The van der Waals surface area contributed by atoms with E-state index in [2.05, 4.69) is 4.98 Å². The van der Waals surface area contributed by atoms with E-state index in [9.17, 15) is 5.11 Å². The van der Waals surface area contributed by atoms with E-state index < -0.39 is 6.23 Å². The molecular weight excluding hydrogens is 206 g/mol. The number of pyridine rings is 1. The summed E-state index contributed by atoms with van der Waals surface area (Å²) in [5.41, 5.74) is 6.45. The van der Waals surface area contributed by atoms with E-state index >= 15 is 0 Å². The van der Waals surface area contributed by atoms with E-state index in [0.717, 1.165) is 0 Å². The molecule has 0 aliphatic rings. The molecule has 1 rings (SSSR count). The van der Waals surface area contributed by atoms with Gasteiger partial charge in [0.1, 0.15) is 5.15 Å². The fraction of sp³-hybridized carbons (Fsp3) is 0.375. The maximum absolute atomic E-state index is 9.73. The molecule has 3 N–H and O–H groups in total. The van der Waals surface area contributed by atoms with Crippen molar-refractivity contribution in [1.29, 1.82) is 0 Å². The number of rotatable bonds is 3. The van der Waals surface area contributed by atoms with Gasteiger partial charge in [0.05, 0.1) is 19.0 Å². The van der Waals surface area contributed by atoms with Crippen LogP contribution in [0.1, 0.15) is 11.8 Å². The molecule has 0 amide bonds. The van der Waals surface area contributed by atoms with Crippen LogP contribution in [0.15, 0.2) is 12.3 Å². The van der Waals surface area contributed by atoms with Crippen LogP contribution in [0.25, 0.3) is 0 Å². The normalized spacial score (nSPS) is 13.2. The fourth-order valence-electron chi connectivity index (χ4n) is 0.974. The van der Waals surface area contributed by atoms with E-state index in [1.807, 2.05) is 0 Å². The minimum Gasteiger partial charge on any atom is -0.397 e. The number of hydrogen-bond acceptors (Lipinski definition) is 5. The maximum Gasteiger partial charge on any atom is 0.157 e. The number of hydrogen-bond donors (Lipinski definition) is 2. The van der Waals surface area contributed by atoms with Crippen molar-refractivity contribution < 1.29 is 9.94 Å². The van der Waals surface area contributed by atoms with Crippen molar-refractivity contribution >= 4 is 17.3 Å². The predicted molar refractivity (Wildman–Crippen MR) is 53.4 cm³/mol. The van der Waals surface area contributed by atoms with Crippen LogP contribution >= 0.6 is 11.6 Å². The molecule has 1 aromatic rings. The van der Waals surface area contributed by atoms with Crippen LogP contribution in [-0.2, 0) is 4.84 Å². The second kappa shape index (κ2) is 4.56. The van der Waals surface area contributed by atoms with E-state index in [-0.39, 0.29) is 5.15 Å². The predicted octanol–water partition coefficient (Wildman–Crippen LogP) is 0.801. The summed E-state index contributed by atoms with van der Waals surface area (Å²) in [6.45, 7) is 0. The van der Waals surface area contributed by atoms with Crippen molar-refractivity contribution in [3.63, 3.8) is 0 Å². The Balaban J connectivity index is 2.99. The first kappa shape index (κ1) is 11.2. The fourth-order valence-corrected chi connectivity index (χ4v) is 1.14. The monoisotopic (exact) mass is 217 g/mol. The molecule has 6 heteroatoms. The highest BCUT2D eigenvalue weighted by Crippen LogP contribution is 2.24. The Morgan fingerprint density at radius 3 is 2.93 bits per heavy atom. The van der Waals surface area contributed by atoms with E-state index in [4.69, 9.17) is 22.2 Å². The molecule has 0 saturated heterocycles. The summed E-state index contributed by atoms with van der Waals surface area (Å²) in [6.07, 6.45) is 0.435. The Morgan fingerprint density at radius 1 is 1.71 bits per heavy atom. The molecule has 0 aliphatic heterocycles. The highest BCUT2D eigenvalue weighted by molar-refractivity contribution is 6.29. The number of nitrogens with zero attached hydrogens (tertiary/aromatic N) is 2. The lowest BCUT2D eigenvalue weighted by atomic mass is 10.2. The number of nitrogen functional groups attached to an aromatic ring is 1. The summed E-state index contributed by atoms with van der Waals surface area (Å²) in [5, 5.41) is 11.3. The molecule has 78 valence electrons. The first-order chi connectivity index (χ1) is 6.56. The zero-order valence-electron chi connectivity index (χ0n) is 7.94. The number of anilines is 1. The zero-order valence-corrected chi connectivity index (χ0v) is 8.69. The van der Waals surface area contributed by atoms with Crippen molar-refractivity contribution in [2.45, 2.75) is 6.23 Å². The van der Waals surface area contributed by atoms with Gasteiger partial charge >= 0.3 is 0 Å². The molecule has 0 radical (unpaired) electrons. The third-order valence-electron chi connectivity index (χ3n) is 1.85. The van der Waals surface area contributed by atoms with Gasteiger partial charge in [-0.05, 0) is 6.07 Å². The van der Waals surface area contributed by atoms with E-state index in [1.54, 1.807) is 7.05 Å². The van der Waals surface area contributed by atoms with Crippen LogP contribution in [0.4, 0.5) is 5.69 Å². The lowest BCUT2D eigenvalue weighted by Crippen LogP contribution is -2.23. The van der Waals surface area contributed by atoms with Gasteiger partial charge in [0.25, 0.3) is 0 Å². The van der Waals surface area contributed by atoms with E-state index in [1.165, 1.54) is 24.4 Å². The average Bonchev–Trinajstić information content (AvgIpc) is 2.19. The molecule has 0 saturated carbocycles. The number of aliphatic hydroxyl groups is 1. The van der Waals surface area contributed by atoms with Crippen LogP contribution in [0.2, 0.25) is 5.15 Å². The molecule has 1 aromatic heterocycles. The van der Waals surface area contributed by atoms with Crippen molar-refractivity contribution in [3.8, 4) is 0 Å². The van der Waals surface area contributed by atoms with Crippen molar-refractivity contribution in [2.75, 3.05) is 19.9 Å². The summed E-state index contributed by atoms with van der Waals surface area (Å²) < 4.78 is 0. The Bertz CT molecular complexity index is 321. The summed E-state index contributed by atoms with van der Waals surface area (Å²) >= 11 is 5.67. The molecular formula is C8H12ClN3O2. The van der Waals surface area contributed by atoms with Crippen LogP contribution in [0.3, 0.4) is 0 Å². The summed E-state index contributed by atoms with van der Waals surface area (Å²) in [7, 11) is 3.03. The van der Waals surface area contributed by atoms with Crippen LogP contribution < -0.4 is 5.73 Å².